The van der Waals surface area contributed by atoms with E-state index in [1.165, 1.54) is 25.7 Å². The van der Waals surface area contributed by atoms with Crippen LogP contribution in [0.3, 0.4) is 0 Å². The van der Waals surface area contributed by atoms with Crippen molar-refractivity contribution in [2.75, 3.05) is 25.1 Å². The predicted molar refractivity (Wildman–Crippen MR) is 102 cm³/mol. The van der Waals surface area contributed by atoms with Gasteiger partial charge in [0, 0.05) is 30.2 Å². The zero-order valence-corrected chi connectivity index (χ0v) is 15.6. The van der Waals surface area contributed by atoms with E-state index in [2.05, 4.69) is 15.5 Å². The van der Waals surface area contributed by atoms with Crippen molar-refractivity contribution in [2.45, 2.75) is 57.0 Å². The minimum atomic E-state index is -0.0307. The number of amides is 2. The van der Waals surface area contributed by atoms with Crippen LogP contribution in [0.15, 0.2) is 18.2 Å². The lowest BCUT2D eigenvalue weighted by Gasteiger charge is -2.22. The molecule has 1 atom stereocenters. The quantitative estimate of drug-likeness (QED) is 0.794. The maximum absolute atomic E-state index is 12.3. The molecule has 2 amide bonds. The number of halogens is 1. The summed E-state index contributed by atoms with van der Waals surface area (Å²) in [5.41, 5.74) is 0.989. The Bertz CT molecular complexity index is 588. The Labute approximate surface area is 155 Å². The first kappa shape index (κ1) is 18.2. The molecule has 1 aromatic carbocycles. The fourth-order valence-electron chi connectivity index (χ4n) is 3.84. The molecule has 0 spiro atoms. The SMILES string of the molecule is COc1ccc(Cl)cc1N1CCC(NC(=O)NC2CCCCCC2)C1. The van der Waals surface area contributed by atoms with Gasteiger partial charge in [0.2, 0.25) is 0 Å². The average molecular weight is 366 g/mol. The van der Waals surface area contributed by atoms with Gasteiger partial charge in [-0.25, -0.2) is 4.79 Å². The van der Waals surface area contributed by atoms with Crippen LogP contribution in [0.4, 0.5) is 10.5 Å². The Morgan fingerprint density at radius 1 is 1.12 bits per heavy atom. The number of anilines is 1. The van der Waals surface area contributed by atoms with Crippen LogP contribution in [0, 0.1) is 0 Å². The summed E-state index contributed by atoms with van der Waals surface area (Å²) in [6.45, 7) is 1.65. The number of nitrogens with one attached hydrogen (secondary N) is 2. The molecule has 1 saturated carbocycles. The molecule has 0 aromatic heterocycles. The number of hydrogen-bond acceptors (Lipinski definition) is 3. The van der Waals surface area contributed by atoms with Gasteiger partial charge in [-0.3, -0.25) is 0 Å². The van der Waals surface area contributed by atoms with Crippen molar-refractivity contribution in [3.8, 4) is 5.75 Å². The number of rotatable bonds is 4. The first-order valence-electron chi connectivity index (χ1n) is 9.31. The molecule has 0 radical (unpaired) electrons. The second kappa shape index (κ2) is 8.65. The highest BCUT2D eigenvalue weighted by atomic mass is 35.5. The van der Waals surface area contributed by atoms with Crippen LogP contribution in [-0.2, 0) is 0 Å². The van der Waals surface area contributed by atoms with Crippen LogP contribution < -0.4 is 20.3 Å². The number of ether oxygens (including phenoxy) is 1. The highest BCUT2D eigenvalue weighted by Gasteiger charge is 2.26. The van der Waals surface area contributed by atoms with Gasteiger partial charge in [-0.15, -0.1) is 0 Å². The summed E-state index contributed by atoms with van der Waals surface area (Å²) in [6, 6.07) is 6.08. The van der Waals surface area contributed by atoms with Crippen molar-refractivity contribution in [2.24, 2.45) is 0 Å². The number of carbonyl (C=O) groups is 1. The lowest BCUT2D eigenvalue weighted by molar-refractivity contribution is 0.232. The molecule has 1 aliphatic heterocycles. The van der Waals surface area contributed by atoms with Gasteiger partial charge >= 0.3 is 6.03 Å². The third kappa shape index (κ3) is 4.94. The summed E-state index contributed by atoms with van der Waals surface area (Å²) in [4.78, 5) is 14.5. The van der Waals surface area contributed by atoms with E-state index in [1.54, 1.807) is 7.11 Å². The first-order valence-corrected chi connectivity index (χ1v) is 9.69. The number of urea groups is 1. The summed E-state index contributed by atoms with van der Waals surface area (Å²) in [5.74, 6) is 0.813. The maximum atomic E-state index is 12.3. The van der Waals surface area contributed by atoms with Crippen LogP contribution in [0.1, 0.15) is 44.9 Å². The Kier molecular flexibility index (Phi) is 6.29. The second-order valence-corrected chi connectivity index (χ2v) is 7.49. The number of methoxy groups -OCH3 is 1. The zero-order valence-electron chi connectivity index (χ0n) is 14.9. The van der Waals surface area contributed by atoms with Gasteiger partial charge in [-0.05, 0) is 37.5 Å². The van der Waals surface area contributed by atoms with E-state index in [9.17, 15) is 4.79 Å². The van der Waals surface area contributed by atoms with Crippen molar-refractivity contribution >= 4 is 23.3 Å². The smallest absolute Gasteiger partial charge is 0.315 e. The Balaban J connectivity index is 1.52. The van der Waals surface area contributed by atoms with Gasteiger partial charge in [0.15, 0.2) is 0 Å². The van der Waals surface area contributed by atoms with Crippen molar-refractivity contribution < 1.29 is 9.53 Å². The van der Waals surface area contributed by atoms with E-state index in [0.717, 1.165) is 43.8 Å². The van der Waals surface area contributed by atoms with E-state index in [0.29, 0.717) is 11.1 Å². The van der Waals surface area contributed by atoms with Crippen LogP contribution in [0.2, 0.25) is 5.02 Å². The molecular weight excluding hydrogens is 338 g/mol. The molecule has 1 aromatic rings. The molecule has 3 rings (SSSR count). The molecule has 5 nitrogen and oxygen atoms in total. The Morgan fingerprint density at radius 3 is 2.56 bits per heavy atom. The molecule has 2 fully saturated rings. The van der Waals surface area contributed by atoms with Gasteiger partial charge in [0.1, 0.15) is 5.75 Å². The van der Waals surface area contributed by atoms with E-state index in [-0.39, 0.29) is 12.1 Å². The molecule has 25 heavy (non-hydrogen) atoms. The number of carbonyl (C=O) groups excluding carboxylic acids is 1. The highest BCUT2D eigenvalue weighted by molar-refractivity contribution is 6.30. The first-order chi connectivity index (χ1) is 12.2. The molecule has 2 N–H and O–H groups in total. The van der Waals surface area contributed by atoms with Gasteiger partial charge in [0.25, 0.3) is 0 Å². The monoisotopic (exact) mass is 365 g/mol. The lowest BCUT2D eigenvalue weighted by Crippen LogP contribution is -2.47. The van der Waals surface area contributed by atoms with Crippen LogP contribution >= 0.6 is 11.6 Å². The van der Waals surface area contributed by atoms with E-state index in [1.807, 2.05) is 18.2 Å². The second-order valence-electron chi connectivity index (χ2n) is 7.05. The van der Waals surface area contributed by atoms with Gasteiger partial charge < -0.3 is 20.3 Å². The third-order valence-corrected chi connectivity index (χ3v) is 5.43. The molecule has 1 aliphatic carbocycles. The average Bonchev–Trinajstić information content (AvgIpc) is 2.90. The topological polar surface area (TPSA) is 53.6 Å². The van der Waals surface area contributed by atoms with Gasteiger partial charge in [-0.1, -0.05) is 37.3 Å². The number of hydrogen-bond donors (Lipinski definition) is 2. The van der Waals surface area contributed by atoms with Crippen LogP contribution in [-0.4, -0.2) is 38.3 Å². The molecular formula is C19H28ClN3O2. The largest absolute Gasteiger partial charge is 0.495 e. The minimum Gasteiger partial charge on any atom is -0.495 e. The van der Waals surface area contributed by atoms with E-state index < -0.39 is 0 Å². The van der Waals surface area contributed by atoms with E-state index in [4.69, 9.17) is 16.3 Å². The fourth-order valence-corrected chi connectivity index (χ4v) is 4.01. The Morgan fingerprint density at radius 2 is 1.84 bits per heavy atom. The number of benzene rings is 1. The summed E-state index contributed by atoms with van der Waals surface area (Å²) < 4.78 is 5.44. The number of nitrogens with zero attached hydrogens (tertiary/aromatic N) is 1. The maximum Gasteiger partial charge on any atom is 0.315 e. The Hall–Kier alpha value is -1.62. The van der Waals surface area contributed by atoms with Crippen LogP contribution in [0.5, 0.6) is 5.75 Å². The van der Waals surface area contributed by atoms with Crippen molar-refractivity contribution in [3.05, 3.63) is 23.2 Å². The van der Waals surface area contributed by atoms with Crippen molar-refractivity contribution in [3.63, 3.8) is 0 Å². The van der Waals surface area contributed by atoms with Crippen molar-refractivity contribution in [1.82, 2.24) is 10.6 Å². The van der Waals surface area contributed by atoms with Crippen LogP contribution in [0.25, 0.3) is 0 Å². The normalized spacial score (nSPS) is 21.7. The highest BCUT2D eigenvalue weighted by Crippen LogP contribution is 2.33. The van der Waals surface area contributed by atoms with Gasteiger partial charge in [0.05, 0.1) is 12.8 Å². The minimum absolute atomic E-state index is 0.0307. The third-order valence-electron chi connectivity index (χ3n) is 5.20. The summed E-state index contributed by atoms with van der Waals surface area (Å²) >= 11 is 6.13. The van der Waals surface area contributed by atoms with E-state index >= 15 is 0 Å². The molecule has 2 aliphatic rings. The predicted octanol–water partition coefficient (Wildman–Crippen LogP) is 3.95. The lowest BCUT2D eigenvalue weighted by atomic mass is 10.1. The van der Waals surface area contributed by atoms with Crippen molar-refractivity contribution in [1.29, 1.82) is 0 Å². The molecule has 6 heteroatoms. The van der Waals surface area contributed by atoms with Gasteiger partial charge in [-0.2, -0.15) is 0 Å². The summed E-state index contributed by atoms with van der Waals surface area (Å²) in [7, 11) is 1.67. The molecule has 1 heterocycles. The molecule has 138 valence electrons. The molecule has 1 unspecified atom stereocenters. The molecule has 1 saturated heterocycles. The summed E-state index contributed by atoms with van der Waals surface area (Å²) in [6.07, 6.45) is 8.15. The standard InChI is InChI=1S/C19H28ClN3O2/c1-25-18-9-8-14(20)12-17(18)23-11-10-16(13-23)22-19(24)21-15-6-4-2-3-5-7-15/h8-9,12,15-16H,2-7,10-11,13H2,1H3,(H2,21,22,24). The summed E-state index contributed by atoms with van der Waals surface area (Å²) in [5, 5.41) is 6.98. The molecule has 0 bridgehead atoms. The zero-order chi connectivity index (χ0) is 17.6. The fraction of sp³-hybridized carbons (Fsp3) is 0.632.